The SMILES string of the molecule is COc1cc(CO)cc(B(O)O)c1. The number of benzene rings is 1. The highest BCUT2D eigenvalue weighted by molar-refractivity contribution is 6.58. The summed E-state index contributed by atoms with van der Waals surface area (Å²) in [5.41, 5.74) is 0.894. The summed E-state index contributed by atoms with van der Waals surface area (Å²) in [6.45, 7) is -0.156. The molecule has 3 N–H and O–H groups in total. The van der Waals surface area contributed by atoms with E-state index >= 15 is 0 Å². The Morgan fingerprint density at radius 3 is 2.46 bits per heavy atom. The van der Waals surface area contributed by atoms with Crippen molar-refractivity contribution in [3.63, 3.8) is 0 Å². The summed E-state index contributed by atoms with van der Waals surface area (Å²) in [6, 6.07) is 4.64. The molecule has 0 saturated carbocycles. The molecule has 0 bridgehead atoms. The molecule has 0 spiro atoms. The first kappa shape index (κ1) is 10.0. The van der Waals surface area contributed by atoms with Gasteiger partial charge in [0, 0.05) is 0 Å². The maximum Gasteiger partial charge on any atom is 0.488 e. The summed E-state index contributed by atoms with van der Waals surface area (Å²) in [7, 11) is -0.0651. The van der Waals surface area contributed by atoms with Crippen LogP contribution in [0.1, 0.15) is 5.56 Å². The van der Waals surface area contributed by atoms with Crippen LogP contribution in [0.4, 0.5) is 0 Å². The van der Waals surface area contributed by atoms with E-state index < -0.39 is 7.12 Å². The van der Waals surface area contributed by atoms with Gasteiger partial charge in [0.25, 0.3) is 0 Å². The molecule has 0 unspecified atom stereocenters. The summed E-state index contributed by atoms with van der Waals surface area (Å²) in [4.78, 5) is 0. The van der Waals surface area contributed by atoms with Gasteiger partial charge in [0.2, 0.25) is 0 Å². The van der Waals surface area contributed by atoms with E-state index in [9.17, 15) is 0 Å². The zero-order valence-electron chi connectivity index (χ0n) is 7.27. The van der Waals surface area contributed by atoms with Gasteiger partial charge in [-0.1, -0.05) is 6.07 Å². The van der Waals surface area contributed by atoms with Crippen LogP contribution in [0.15, 0.2) is 18.2 Å². The van der Waals surface area contributed by atoms with Gasteiger partial charge in [0.1, 0.15) is 5.75 Å². The minimum Gasteiger partial charge on any atom is -0.497 e. The molecule has 0 aliphatic heterocycles. The first-order valence-corrected chi connectivity index (χ1v) is 3.82. The number of methoxy groups -OCH3 is 1. The first-order valence-electron chi connectivity index (χ1n) is 3.82. The van der Waals surface area contributed by atoms with Crippen molar-refractivity contribution in [1.29, 1.82) is 0 Å². The van der Waals surface area contributed by atoms with Gasteiger partial charge in [-0.3, -0.25) is 0 Å². The minimum atomic E-state index is -1.54. The van der Waals surface area contributed by atoms with Crippen LogP contribution >= 0.6 is 0 Å². The van der Waals surface area contributed by atoms with E-state index in [1.54, 1.807) is 6.07 Å². The monoisotopic (exact) mass is 182 g/mol. The van der Waals surface area contributed by atoms with Crippen molar-refractivity contribution in [1.82, 2.24) is 0 Å². The van der Waals surface area contributed by atoms with Gasteiger partial charge in [0.05, 0.1) is 13.7 Å². The lowest BCUT2D eigenvalue weighted by atomic mass is 9.79. The predicted octanol–water partition coefficient (Wildman–Crippen LogP) is -1.13. The molecule has 0 heterocycles. The van der Waals surface area contributed by atoms with Gasteiger partial charge in [-0.25, -0.2) is 0 Å². The number of aliphatic hydroxyl groups is 1. The van der Waals surface area contributed by atoms with Crippen LogP contribution in [0.5, 0.6) is 5.75 Å². The van der Waals surface area contributed by atoms with Crippen molar-refractivity contribution in [2.45, 2.75) is 6.61 Å². The van der Waals surface area contributed by atoms with Crippen LogP contribution in [0.25, 0.3) is 0 Å². The van der Waals surface area contributed by atoms with Gasteiger partial charge in [-0.05, 0) is 23.2 Å². The predicted molar refractivity (Wildman–Crippen MR) is 48.7 cm³/mol. The number of rotatable bonds is 3. The number of aliphatic hydroxyl groups excluding tert-OH is 1. The lowest BCUT2D eigenvalue weighted by Crippen LogP contribution is -2.30. The zero-order valence-corrected chi connectivity index (χ0v) is 7.27. The maximum atomic E-state index is 8.88. The Morgan fingerprint density at radius 1 is 1.31 bits per heavy atom. The number of hydrogen-bond donors (Lipinski definition) is 3. The summed E-state index contributed by atoms with van der Waals surface area (Å²) >= 11 is 0. The topological polar surface area (TPSA) is 69.9 Å². The molecule has 0 aliphatic carbocycles. The van der Waals surface area contributed by atoms with Crippen LogP contribution in [0.2, 0.25) is 0 Å². The summed E-state index contributed by atoms with van der Waals surface area (Å²) in [6.07, 6.45) is 0. The van der Waals surface area contributed by atoms with Gasteiger partial charge in [-0.2, -0.15) is 0 Å². The Bertz CT molecular complexity index is 265. The fraction of sp³-hybridized carbons (Fsp3) is 0.250. The van der Waals surface area contributed by atoms with E-state index in [0.29, 0.717) is 16.8 Å². The van der Waals surface area contributed by atoms with E-state index in [1.807, 2.05) is 0 Å². The molecule has 1 aromatic rings. The Kier molecular flexibility index (Phi) is 3.30. The Hall–Kier alpha value is -1.04. The largest absolute Gasteiger partial charge is 0.497 e. The van der Waals surface area contributed by atoms with E-state index in [-0.39, 0.29) is 6.61 Å². The average Bonchev–Trinajstić information content (AvgIpc) is 2.16. The lowest BCUT2D eigenvalue weighted by Gasteiger charge is -2.06. The minimum absolute atomic E-state index is 0.156. The smallest absolute Gasteiger partial charge is 0.488 e. The highest BCUT2D eigenvalue weighted by atomic mass is 16.5. The van der Waals surface area contributed by atoms with E-state index in [0.717, 1.165) is 0 Å². The Morgan fingerprint density at radius 2 is 2.00 bits per heavy atom. The van der Waals surface area contributed by atoms with Crippen molar-refractivity contribution >= 4 is 12.6 Å². The normalized spacial score (nSPS) is 9.85. The van der Waals surface area contributed by atoms with Crippen LogP contribution < -0.4 is 10.2 Å². The molecule has 0 fully saturated rings. The molecule has 70 valence electrons. The maximum absolute atomic E-state index is 8.88. The highest BCUT2D eigenvalue weighted by Gasteiger charge is 2.12. The third-order valence-electron chi connectivity index (χ3n) is 1.71. The lowest BCUT2D eigenvalue weighted by molar-refractivity contribution is 0.281. The first-order chi connectivity index (χ1) is 6.17. The summed E-state index contributed by atoms with van der Waals surface area (Å²) < 4.78 is 4.91. The molecule has 5 heteroatoms. The molecule has 13 heavy (non-hydrogen) atoms. The number of ether oxygens (including phenoxy) is 1. The Labute approximate surface area is 76.6 Å². The van der Waals surface area contributed by atoms with E-state index in [1.165, 1.54) is 19.2 Å². The van der Waals surface area contributed by atoms with Crippen LogP contribution in [0.3, 0.4) is 0 Å². The van der Waals surface area contributed by atoms with Gasteiger partial charge >= 0.3 is 7.12 Å². The quantitative estimate of drug-likeness (QED) is 0.517. The third-order valence-corrected chi connectivity index (χ3v) is 1.71. The van der Waals surface area contributed by atoms with Crippen molar-refractivity contribution in [3.05, 3.63) is 23.8 Å². The summed E-state index contributed by atoms with van der Waals surface area (Å²) in [5, 5.41) is 26.6. The molecule has 4 nitrogen and oxygen atoms in total. The molecule has 0 aromatic heterocycles. The van der Waals surface area contributed by atoms with Crippen LogP contribution in [-0.4, -0.2) is 29.4 Å². The molecular formula is C8H11BO4. The molecule has 1 rings (SSSR count). The zero-order chi connectivity index (χ0) is 9.84. The molecule has 0 saturated heterocycles. The molecule has 0 amide bonds. The van der Waals surface area contributed by atoms with Gasteiger partial charge in [0.15, 0.2) is 0 Å². The Balaban J connectivity index is 3.07. The standard InChI is InChI=1S/C8H11BO4/c1-13-8-3-6(5-10)2-7(4-8)9(11)12/h2-4,10-12H,5H2,1H3. The van der Waals surface area contributed by atoms with Crippen LogP contribution in [-0.2, 0) is 6.61 Å². The molecule has 1 aromatic carbocycles. The molecular weight excluding hydrogens is 171 g/mol. The highest BCUT2D eigenvalue weighted by Crippen LogP contribution is 2.11. The van der Waals surface area contributed by atoms with Crippen molar-refractivity contribution < 1.29 is 19.9 Å². The second kappa shape index (κ2) is 4.27. The second-order valence-electron chi connectivity index (χ2n) is 2.65. The number of hydrogen-bond acceptors (Lipinski definition) is 4. The molecule has 0 aliphatic rings. The van der Waals surface area contributed by atoms with E-state index in [2.05, 4.69) is 0 Å². The third kappa shape index (κ3) is 2.45. The second-order valence-corrected chi connectivity index (χ2v) is 2.65. The van der Waals surface area contributed by atoms with E-state index in [4.69, 9.17) is 19.9 Å². The molecule has 0 atom stereocenters. The fourth-order valence-electron chi connectivity index (χ4n) is 1.04. The molecule has 0 radical (unpaired) electrons. The van der Waals surface area contributed by atoms with Crippen LogP contribution in [0, 0.1) is 0 Å². The fourth-order valence-corrected chi connectivity index (χ4v) is 1.04. The average molecular weight is 182 g/mol. The van der Waals surface area contributed by atoms with Crippen molar-refractivity contribution in [2.24, 2.45) is 0 Å². The van der Waals surface area contributed by atoms with Gasteiger partial charge < -0.3 is 19.9 Å². The van der Waals surface area contributed by atoms with Crippen molar-refractivity contribution in [3.8, 4) is 5.75 Å². The summed E-state index contributed by atoms with van der Waals surface area (Å²) in [5.74, 6) is 0.495. The van der Waals surface area contributed by atoms with Crippen molar-refractivity contribution in [2.75, 3.05) is 7.11 Å². The van der Waals surface area contributed by atoms with Gasteiger partial charge in [-0.15, -0.1) is 0 Å².